The molecule has 0 amide bonds. The number of hydrogen-bond donors (Lipinski definition) is 1. The number of dihydropyridines is 1. The predicted molar refractivity (Wildman–Crippen MR) is 111 cm³/mol. The molecule has 27 heavy (non-hydrogen) atoms. The van der Waals surface area contributed by atoms with Crippen molar-refractivity contribution in [3.05, 3.63) is 41.5 Å². The van der Waals surface area contributed by atoms with Gasteiger partial charge in [-0.25, -0.2) is 0 Å². The molecule has 0 spiro atoms. The van der Waals surface area contributed by atoms with E-state index in [2.05, 4.69) is 59.8 Å². The molecule has 0 aliphatic carbocycles. The summed E-state index contributed by atoms with van der Waals surface area (Å²) in [6.07, 6.45) is 3.88. The van der Waals surface area contributed by atoms with Gasteiger partial charge in [-0.1, -0.05) is 39.0 Å². The molecule has 1 aromatic carbocycles. The van der Waals surface area contributed by atoms with Crippen molar-refractivity contribution in [1.82, 2.24) is 4.90 Å². The highest BCUT2D eigenvalue weighted by molar-refractivity contribution is 6.13. The second kappa shape index (κ2) is 8.70. The van der Waals surface area contributed by atoms with Crippen LogP contribution in [0, 0.1) is 5.92 Å². The number of benzene rings is 1. The number of carbonyl (C=O) groups is 1. The molecule has 2 unspecified atom stereocenters. The summed E-state index contributed by atoms with van der Waals surface area (Å²) < 4.78 is 0. The molecule has 5 nitrogen and oxygen atoms in total. The molecule has 2 heterocycles. The van der Waals surface area contributed by atoms with Crippen molar-refractivity contribution in [3.8, 4) is 0 Å². The Hall–Kier alpha value is -2.14. The lowest BCUT2D eigenvalue weighted by atomic mass is 9.93. The number of anilines is 1. The molecule has 1 aromatic rings. The van der Waals surface area contributed by atoms with Crippen molar-refractivity contribution in [2.45, 2.75) is 39.7 Å². The summed E-state index contributed by atoms with van der Waals surface area (Å²) in [4.78, 5) is 20.8. The quantitative estimate of drug-likeness (QED) is 0.800. The molecular formula is C22H31N3O2. The highest BCUT2D eigenvalue weighted by atomic mass is 16.4. The Bertz CT molecular complexity index is 720. The number of hydrogen-bond acceptors (Lipinski definition) is 4. The molecule has 2 aliphatic rings. The number of carboxylic acids is 1. The van der Waals surface area contributed by atoms with E-state index in [1.54, 1.807) is 0 Å². The third-order valence-corrected chi connectivity index (χ3v) is 5.85. The highest BCUT2D eigenvalue weighted by Gasteiger charge is 2.26. The van der Waals surface area contributed by atoms with E-state index in [0.717, 1.165) is 49.4 Å². The standard InChI is InChI=1S/C22H31N3O2/c1-4-16-13-18(22(26)27)14-23-21(16)17-7-9-19(10-8-17)25-12-11-20(15-25)24(5-2)6-3/h7-10,13,18,20H,4-6,11-12,14-15H2,1-3H3,(H,26,27). The first-order valence-corrected chi connectivity index (χ1v) is 10.1. The zero-order valence-electron chi connectivity index (χ0n) is 16.7. The minimum atomic E-state index is -0.795. The van der Waals surface area contributed by atoms with Crippen molar-refractivity contribution < 1.29 is 9.90 Å². The van der Waals surface area contributed by atoms with Crippen molar-refractivity contribution in [3.63, 3.8) is 0 Å². The van der Waals surface area contributed by atoms with Gasteiger partial charge in [0.2, 0.25) is 0 Å². The number of nitrogens with zero attached hydrogens (tertiary/aromatic N) is 3. The Labute approximate surface area is 162 Å². The molecule has 0 saturated carbocycles. The zero-order chi connectivity index (χ0) is 19.4. The fourth-order valence-corrected chi connectivity index (χ4v) is 4.22. The first-order valence-electron chi connectivity index (χ1n) is 10.1. The van der Waals surface area contributed by atoms with Crippen LogP contribution in [-0.2, 0) is 4.79 Å². The normalized spacial score (nSPS) is 22.7. The third kappa shape index (κ3) is 4.24. The number of rotatable bonds is 7. The second-order valence-corrected chi connectivity index (χ2v) is 7.34. The molecule has 1 N–H and O–H groups in total. The molecule has 1 saturated heterocycles. The van der Waals surface area contributed by atoms with Gasteiger partial charge in [0.05, 0.1) is 18.2 Å². The van der Waals surface area contributed by atoms with Gasteiger partial charge in [-0.15, -0.1) is 0 Å². The Morgan fingerprint density at radius 1 is 1.22 bits per heavy atom. The van der Waals surface area contributed by atoms with E-state index in [1.807, 2.05) is 6.08 Å². The number of aliphatic carboxylic acids is 1. The zero-order valence-corrected chi connectivity index (χ0v) is 16.7. The van der Waals surface area contributed by atoms with Crippen LogP contribution in [-0.4, -0.2) is 60.5 Å². The van der Waals surface area contributed by atoms with Gasteiger partial charge in [-0.3, -0.25) is 14.7 Å². The minimum Gasteiger partial charge on any atom is -0.481 e. The number of aliphatic imine (C=N–C) groups is 1. The molecule has 146 valence electrons. The second-order valence-electron chi connectivity index (χ2n) is 7.34. The van der Waals surface area contributed by atoms with Gasteiger partial charge in [0.1, 0.15) is 0 Å². The maximum atomic E-state index is 11.2. The maximum Gasteiger partial charge on any atom is 0.312 e. The molecule has 5 heteroatoms. The summed E-state index contributed by atoms with van der Waals surface area (Å²) in [7, 11) is 0. The van der Waals surface area contributed by atoms with Crippen molar-refractivity contribution in [2.24, 2.45) is 10.9 Å². The topological polar surface area (TPSA) is 56.1 Å². The van der Waals surface area contributed by atoms with Crippen LogP contribution >= 0.6 is 0 Å². The number of carboxylic acid groups (broad SMARTS) is 1. The molecule has 0 radical (unpaired) electrons. The largest absolute Gasteiger partial charge is 0.481 e. The smallest absolute Gasteiger partial charge is 0.312 e. The van der Waals surface area contributed by atoms with Gasteiger partial charge < -0.3 is 10.0 Å². The SMILES string of the molecule is CCC1=CC(C(=O)O)CN=C1c1ccc(N2CCC(N(CC)CC)C2)cc1. The first-order chi connectivity index (χ1) is 13.1. The van der Waals surface area contributed by atoms with E-state index >= 15 is 0 Å². The van der Waals surface area contributed by atoms with Gasteiger partial charge in [0.25, 0.3) is 0 Å². The van der Waals surface area contributed by atoms with Crippen molar-refractivity contribution >= 4 is 17.4 Å². The summed E-state index contributed by atoms with van der Waals surface area (Å²) >= 11 is 0. The average molecular weight is 370 g/mol. The molecule has 2 atom stereocenters. The van der Waals surface area contributed by atoms with Gasteiger partial charge in [0.15, 0.2) is 0 Å². The number of likely N-dealkylation sites (N-methyl/N-ethyl adjacent to an activating group) is 1. The Morgan fingerprint density at radius 2 is 1.93 bits per heavy atom. The van der Waals surface area contributed by atoms with Gasteiger partial charge >= 0.3 is 5.97 Å². The summed E-state index contributed by atoms with van der Waals surface area (Å²) in [5.74, 6) is -1.29. The van der Waals surface area contributed by atoms with Crippen LogP contribution < -0.4 is 4.90 Å². The van der Waals surface area contributed by atoms with Crippen molar-refractivity contribution in [2.75, 3.05) is 37.6 Å². The lowest BCUT2D eigenvalue weighted by Crippen LogP contribution is -2.37. The van der Waals surface area contributed by atoms with Gasteiger partial charge in [0, 0.05) is 30.4 Å². The number of allylic oxidation sites excluding steroid dienone is 1. The monoisotopic (exact) mass is 369 g/mol. The fourth-order valence-electron chi connectivity index (χ4n) is 4.22. The van der Waals surface area contributed by atoms with E-state index in [4.69, 9.17) is 0 Å². The molecule has 0 aromatic heterocycles. The lowest BCUT2D eigenvalue weighted by Gasteiger charge is -2.26. The van der Waals surface area contributed by atoms with Crippen LogP contribution in [0.25, 0.3) is 0 Å². The van der Waals surface area contributed by atoms with Crippen LogP contribution in [0.4, 0.5) is 5.69 Å². The Kier molecular flexibility index (Phi) is 6.32. The van der Waals surface area contributed by atoms with E-state index in [9.17, 15) is 9.90 Å². The van der Waals surface area contributed by atoms with E-state index in [-0.39, 0.29) is 0 Å². The van der Waals surface area contributed by atoms with E-state index in [1.165, 1.54) is 12.1 Å². The summed E-state index contributed by atoms with van der Waals surface area (Å²) in [6.45, 7) is 11.3. The van der Waals surface area contributed by atoms with Crippen LogP contribution in [0.15, 0.2) is 40.9 Å². The summed E-state index contributed by atoms with van der Waals surface area (Å²) in [6, 6.07) is 9.26. The van der Waals surface area contributed by atoms with Crippen molar-refractivity contribution in [1.29, 1.82) is 0 Å². The predicted octanol–water partition coefficient (Wildman–Crippen LogP) is 3.45. The maximum absolute atomic E-state index is 11.2. The van der Waals surface area contributed by atoms with Crippen LogP contribution in [0.3, 0.4) is 0 Å². The average Bonchev–Trinajstić information content (AvgIpc) is 3.18. The minimum absolute atomic E-state index is 0.327. The molecular weight excluding hydrogens is 338 g/mol. The third-order valence-electron chi connectivity index (χ3n) is 5.85. The van der Waals surface area contributed by atoms with E-state index in [0.29, 0.717) is 12.6 Å². The summed E-state index contributed by atoms with van der Waals surface area (Å²) in [5.41, 5.74) is 4.32. The molecule has 1 fully saturated rings. The van der Waals surface area contributed by atoms with Crippen LogP contribution in [0.1, 0.15) is 39.2 Å². The molecule has 3 rings (SSSR count). The lowest BCUT2D eigenvalue weighted by molar-refractivity contribution is -0.139. The Balaban J connectivity index is 1.71. The van der Waals surface area contributed by atoms with Gasteiger partial charge in [-0.05, 0) is 43.6 Å². The molecule has 0 bridgehead atoms. The highest BCUT2D eigenvalue weighted by Crippen LogP contribution is 2.26. The Morgan fingerprint density at radius 3 is 2.52 bits per heavy atom. The van der Waals surface area contributed by atoms with Crippen LogP contribution in [0.2, 0.25) is 0 Å². The fraction of sp³-hybridized carbons (Fsp3) is 0.545. The van der Waals surface area contributed by atoms with Gasteiger partial charge in [-0.2, -0.15) is 0 Å². The first kappa shape index (κ1) is 19.6. The molecule has 2 aliphatic heterocycles. The summed E-state index contributed by atoms with van der Waals surface area (Å²) in [5, 5.41) is 9.24. The van der Waals surface area contributed by atoms with Crippen LogP contribution in [0.5, 0.6) is 0 Å². The van der Waals surface area contributed by atoms with E-state index < -0.39 is 11.9 Å².